The zero-order valence-electron chi connectivity index (χ0n) is 6.84. The Kier molecular flexibility index (Phi) is 5.50. The quantitative estimate of drug-likeness (QED) is 0.736. The maximum absolute atomic E-state index is 3.83. The molecule has 11 heavy (non-hydrogen) atoms. The largest absolute Gasteiger partial charge is 0.339 e. The number of benzene rings is 1. The Morgan fingerprint density at radius 2 is 1.91 bits per heavy atom. The van der Waals surface area contributed by atoms with Gasteiger partial charge in [-0.1, -0.05) is 36.8 Å². The third-order valence-electron chi connectivity index (χ3n) is 1.69. The summed E-state index contributed by atoms with van der Waals surface area (Å²) >= 11 is 0. The van der Waals surface area contributed by atoms with Crippen molar-refractivity contribution in [3.63, 3.8) is 0 Å². The second kappa shape index (κ2) is 5.54. The van der Waals surface area contributed by atoms with Crippen LogP contribution in [0.3, 0.4) is 0 Å². The molecule has 0 aliphatic rings. The minimum Gasteiger partial charge on any atom is -0.339 e. The smallest absolute Gasteiger partial charge is 0 e. The van der Waals surface area contributed by atoms with Crippen molar-refractivity contribution in [1.29, 1.82) is 0 Å². The van der Waals surface area contributed by atoms with Crippen molar-refractivity contribution in [3.8, 4) is 0 Å². The minimum absolute atomic E-state index is 0. The molecular formula is C10H13W-. The van der Waals surface area contributed by atoms with E-state index in [0.29, 0.717) is 0 Å². The predicted octanol–water partition coefficient (Wildman–Crippen LogP) is 2.62. The van der Waals surface area contributed by atoms with E-state index in [1.54, 1.807) is 0 Å². The Bertz CT molecular complexity index is 187. The monoisotopic (exact) mass is 317 g/mol. The minimum atomic E-state index is 0. The molecule has 0 heterocycles. The van der Waals surface area contributed by atoms with Crippen molar-refractivity contribution < 1.29 is 21.1 Å². The molecular weight excluding hydrogens is 304 g/mol. The molecule has 0 aliphatic carbocycles. The van der Waals surface area contributed by atoms with Crippen LogP contribution in [-0.2, 0) is 33.9 Å². The summed E-state index contributed by atoms with van der Waals surface area (Å²) < 4.78 is 0. The second-order valence-electron chi connectivity index (χ2n) is 2.42. The van der Waals surface area contributed by atoms with Gasteiger partial charge in [-0.3, -0.25) is 0 Å². The van der Waals surface area contributed by atoms with Crippen molar-refractivity contribution in [2.75, 3.05) is 0 Å². The Morgan fingerprint density at radius 3 is 2.45 bits per heavy atom. The van der Waals surface area contributed by atoms with Crippen LogP contribution in [0.4, 0.5) is 0 Å². The van der Waals surface area contributed by atoms with Gasteiger partial charge < -0.3 is 6.92 Å². The van der Waals surface area contributed by atoms with Gasteiger partial charge in [0.25, 0.3) is 0 Å². The molecule has 0 aromatic heterocycles. The molecule has 1 rings (SSSR count). The summed E-state index contributed by atoms with van der Waals surface area (Å²) in [6, 6.07) is 8.58. The summed E-state index contributed by atoms with van der Waals surface area (Å²) in [5.41, 5.74) is 2.74. The molecule has 0 atom stereocenters. The van der Waals surface area contributed by atoms with E-state index in [-0.39, 0.29) is 21.1 Å². The van der Waals surface area contributed by atoms with Crippen molar-refractivity contribution in [3.05, 3.63) is 42.3 Å². The van der Waals surface area contributed by atoms with Gasteiger partial charge in [0, 0.05) is 21.1 Å². The summed E-state index contributed by atoms with van der Waals surface area (Å²) in [7, 11) is 0. The Hall–Kier alpha value is -0.0917. The van der Waals surface area contributed by atoms with Crippen molar-refractivity contribution >= 4 is 0 Å². The van der Waals surface area contributed by atoms with Crippen molar-refractivity contribution in [1.82, 2.24) is 0 Å². The van der Waals surface area contributed by atoms with E-state index in [4.69, 9.17) is 0 Å². The summed E-state index contributed by atoms with van der Waals surface area (Å²) in [4.78, 5) is 0. The molecule has 0 amide bonds. The fourth-order valence-corrected chi connectivity index (χ4v) is 1.01. The van der Waals surface area contributed by atoms with Crippen LogP contribution < -0.4 is 0 Å². The van der Waals surface area contributed by atoms with E-state index >= 15 is 0 Å². The zero-order chi connectivity index (χ0) is 7.40. The van der Waals surface area contributed by atoms with E-state index in [1.807, 2.05) is 0 Å². The van der Waals surface area contributed by atoms with Crippen LogP contribution in [0.15, 0.2) is 24.3 Å². The molecule has 1 heteroatoms. The molecule has 1 aromatic carbocycles. The van der Waals surface area contributed by atoms with Gasteiger partial charge in [0.1, 0.15) is 0 Å². The van der Waals surface area contributed by atoms with Gasteiger partial charge >= 0.3 is 0 Å². The van der Waals surface area contributed by atoms with Gasteiger partial charge in [-0.05, 0) is 12.0 Å². The Labute approximate surface area is 83.3 Å². The molecule has 60 valence electrons. The standard InChI is InChI=1S/C10H13.W/c1-3-9-6-5-7-10(4-2)8-9;/h5-8H,1,3-4H2,2H3;/q-1;. The molecule has 1 aromatic rings. The maximum atomic E-state index is 3.83. The van der Waals surface area contributed by atoms with Crippen molar-refractivity contribution in [2.45, 2.75) is 19.8 Å². The molecule has 0 spiro atoms. The van der Waals surface area contributed by atoms with Gasteiger partial charge in [0.05, 0.1) is 0 Å². The van der Waals surface area contributed by atoms with Crippen LogP contribution in [0.2, 0.25) is 0 Å². The second-order valence-corrected chi connectivity index (χ2v) is 2.42. The Morgan fingerprint density at radius 1 is 1.27 bits per heavy atom. The van der Waals surface area contributed by atoms with Gasteiger partial charge in [-0.15, -0.1) is 0 Å². The molecule has 0 unspecified atom stereocenters. The fraction of sp³-hybridized carbons (Fsp3) is 0.300. The van der Waals surface area contributed by atoms with E-state index in [1.165, 1.54) is 11.1 Å². The summed E-state index contributed by atoms with van der Waals surface area (Å²) in [5, 5.41) is 0. The molecule has 0 saturated carbocycles. The number of aryl methyl sites for hydroxylation is 1. The van der Waals surface area contributed by atoms with E-state index < -0.39 is 0 Å². The summed E-state index contributed by atoms with van der Waals surface area (Å²) in [5.74, 6) is 0. The van der Waals surface area contributed by atoms with E-state index in [0.717, 1.165) is 12.8 Å². The zero-order valence-corrected chi connectivity index (χ0v) is 9.77. The van der Waals surface area contributed by atoms with Gasteiger partial charge in [0.15, 0.2) is 0 Å². The molecule has 0 bridgehead atoms. The number of hydrogen-bond acceptors (Lipinski definition) is 0. The molecule has 0 fully saturated rings. The molecule has 0 radical (unpaired) electrons. The average Bonchev–Trinajstić information content (AvgIpc) is 2.05. The topological polar surface area (TPSA) is 0 Å². The van der Waals surface area contributed by atoms with Crippen LogP contribution in [-0.4, -0.2) is 0 Å². The van der Waals surface area contributed by atoms with Gasteiger partial charge in [-0.25, -0.2) is 0 Å². The maximum Gasteiger partial charge on any atom is 0 e. The van der Waals surface area contributed by atoms with Crippen molar-refractivity contribution in [2.24, 2.45) is 0 Å². The average molecular weight is 317 g/mol. The summed E-state index contributed by atoms with van der Waals surface area (Å²) in [6.07, 6.45) is 2.02. The van der Waals surface area contributed by atoms with Crippen LogP contribution >= 0.6 is 0 Å². The van der Waals surface area contributed by atoms with Crippen LogP contribution in [0, 0.1) is 6.92 Å². The van der Waals surface area contributed by atoms with E-state index in [9.17, 15) is 0 Å². The first kappa shape index (κ1) is 10.9. The molecule has 0 N–H and O–H groups in total. The number of hydrogen-bond donors (Lipinski definition) is 0. The molecule has 0 saturated heterocycles. The number of rotatable bonds is 2. The third-order valence-corrected chi connectivity index (χ3v) is 1.69. The third kappa shape index (κ3) is 3.20. The van der Waals surface area contributed by atoms with Crippen LogP contribution in [0.1, 0.15) is 18.1 Å². The van der Waals surface area contributed by atoms with Crippen LogP contribution in [0.25, 0.3) is 0 Å². The predicted molar refractivity (Wildman–Crippen MR) is 44.9 cm³/mol. The normalized spacial score (nSPS) is 8.91. The first-order valence-electron chi connectivity index (χ1n) is 3.74. The molecule has 0 nitrogen and oxygen atoms in total. The SMILES string of the molecule is [CH2-]Cc1cccc(CC)c1.[W]. The fourth-order valence-electron chi connectivity index (χ4n) is 1.01. The Balaban J connectivity index is 0.000001000. The first-order valence-corrected chi connectivity index (χ1v) is 3.74. The van der Waals surface area contributed by atoms with Gasteiger partial charge in [0.2, 0.25) is 0 Å². The summed E-state index contributed by atoms with van der Waals surface area (Å²) in [6.45, 7) is 6.00. The van der Waals surface area contributed by atoms with Crippen LogP contribution in [0.5, 0.6) is 0 Å². The van der Waals surface area contributed by atoms with E-state index in [2.05, 4.69) is 38.1 Å². The van der Waals surface area contributed by atoms with Gasteiger partial charge in [-0.2, -0.15) is 6.42 Å². The first-order chi connectivity index (χ1) is 4.86. The molecule has 0 aliphatic heterocycles.